The fourth-order valence-electron chi connectivity index (χ4n) is 3.37. The van der Waals surface area contributed by atoms with Crippen LogP contribution in [0.25, 0.3) is 0 Å². The summed E-state index contributed by atoms with van der Waals surface area (Å²) < 4.78 is 6.46. The lowest BCUT2D eigenvalue weighted by Gasteiger charge is -2.47. The largest absolute Gasteiger partial charge is 0.413 e. The third kappa shape index (κ3) is 5.29. The van der Waals surface area contributed by atoms with Gasteiger partial charge in [-0.15, -0.1) is 0 Å². The highest BCUT2D eigenvalue weighted by Gasteiger charge is 2.49. The van der Waals surface area contributed by atoms with Crippen molar-refractivity contribution in [3.05, 3.63) is 39.9 Å². The van der Waals surface area contributed by atoms with Crippen molar-refractivity contribution in [2.45, 2.75) is 71.3 Å². The minimum Gasteiger partial charge on any atom is -0.413 e. The quantitative estimate of drug-likeness (QED) is 0.211. The number of benzene rings is 1. The van der Waals surface area contributed by atoms with Crippen LogP contribution in [0, 0.1) is 22.0 Å². The van der Waals surface area contributed by atoms with Crippen LogP contribution in [-0.2, 0) is 15.6 Å². The van der Waals surface area contributed by atoms with Crippen molar-refractivity contribution in [2.24, 2.45) is 11.8 Å². The Bertz CT molecular complexity index is 789. The van der Waals surface area contributed by atoms with Gasteiger partial charge in [0.1, 0.15) is 0 Å². The molecule has 0 aromatic heterocycles. The molecule has 6 nitrogen and oxygen atoms in total. The smallest absolute Gasteiger partial charge is 0.269 e. The molecule has 0 radical (unpaired) electrons. The molecular weight excluding hydrogens is 404 g/mol. The molecule has 0 unspecified atom stereocenters. The van der Waals surface area contributed by atoms with Crippen molar-refractivity contribution in [3.63, 3.8) is 0 Å². The molecule has 1 aliphatic heterocycles. The normalized spacial score (nSPS) is 21.7. The van der Waals surface area contributed by atoms with Crippen molar-refractivity contribution >= 4 is 37.0 Å². The number of rotatable bonds is 8. The van der Waals surface area contributed by atoms with Gasteiger partial charge in [-0.2, -0.15) is 0 Å². The van der Waals surface area contributed by atoms with Gasteiger partial charge in [0.15, 0.2) is 8.32 Å². The second-order valence-electron chi connectivity index (χ2n) is 9.50. The minimum atomic E-state index is -1.98. The van der Waals surface area contributed by atoms with Gasteiger partial charge in [0.25, 0.3) is 5.69 Å². The van der Waals surface area contributed by atoms with Crippen LogP contribution < -0.4 is 5.32 Å². The average Bonchev–Trinajstić information content (AvgIpc) is 2.57. The van der Waals surface area contributed by atoms with E-state index in [2.05, 4.69) is 39.2 Å². The van der Waals surface area contributed by atoms with E-state index in [4.69, 9.17) is 16.6 Å². The molecule has 2 rings (SSSR count). The molecule has 160 valence electrons. The van der Waals surface area contributed by atoms with Crippen molar-refractivity contribution in [3.8, 4) is 0 Å². The Morgan fingerprint density at radius 1 is 1.28 bits per heavy atom. The van der Waals surface area contributed by atoms with Crippen LogP contribution in [0.3, 0.4) is 0 Å². The lowest BCUT2D eigenvalue weighted by atomic mass is 9.77. The van der Waals surface area contributed by atoms with E-state index in [-0.39, 0.29) is 40.6 Å². The zero-order valence-electron chi connectivity index (χ0n) is 18.3. The van der Waals surface area contributed by atoms with Crippen molar-refractivity contribution in [1.82, 2.24) is 5.32 Å². The van der Waals surface area contributed by atoms with Crippen LogP contribution in [0.2, 0.25) is 18.1 Å². The van der Waals surface area contributed by atoms with Crippen molar-refractivity contribution in [1.29, 1.82) is 0 Å². The first-order valence-corrected chi connectivity index (χ1v) is 13.3. The summed E-state index contributed by atoms with van der Waals surface area (Å²) in [5, 5.41) is 13.9. The van der Waals surface area contributed by atoms with Crippen LogP contribution in [-0.4, -0.2) is 36.2 Å². The number of nitrogens with zero attached hydrogens (tertiary/aromatic N) is 1. The van der Waals surface area contributed by atoms with E-state index in [1.807, 2.05) is 13.8 Å². The molecule has 4 atom stereocenters. The Morgan fingerprint density at radius 2 is 1.83 bits per heavy atom. The number of carbonyl (C=O) groups is 1. The molecule has 1 saturated heterocycles. The third-order valence-corrected chi connectivity index (χ3v) is 11.5. The Kier molecular flexibility index (Phi) is 7.02. The molecule has 29 heavy (non-hydrogen) atoms. The molecule has 1 aromatic rings. The number of non-ortho nitro benzene ring substituents is 1. The molecule has 8 heteroatoms. The van der Waals surface area contributed by atoms with Crippen LogP contribution in [0.5, 0.6) is 0 Å². The highest BCUT2D eigenvalue weighted by molar-refractivity contribution is 7.80. The van der Waals surface area contributed by atoms with Gasteiger partial charge in [-0.1, -0.05) is 52.0 Å². The highest BCUT2D eigenvalue weighted by atomic mass is 32.1. The number of amides is 1. The minimum absolute atomic E-state index is 0.00774. The van der Waals surface area contributed by atoms with E-state index in [0.717, 1.165) is 10.4 Å². The van der Waals surface area contributed by atoms with Gasteiger partial charge in [0, 0.05) is 35.4 Å². The van der Waals surface area contributed by atoms with Crippen LogP contribution in [0.15, 0.2) is 24.3 Å². The highest BCUT2D eigenvalue weighted by Crippen LogP contribution is 2.39. The summed E-state index contributed by atoms with van der Waals surface area (Å²) >= 11 is 5.65. The molecule has 0 saturated carbocycles. The van der Waals surface area contributed by atoms with E-state index in [1.165, 1.54) is 12.1 Å². The Balaban J connectivity index is 2.04. The number of nitrogens with one attached hydrogen (secondary N) is 1. The lowest BCUT2D eigenvalue weighted by molar-refractivity contribution is -0.384. The average molecular weight is 437 g/mol. The topological polar surface area (TPSA) is 81.5 Å². The summed E-state index contributed by atoms with van der Waals surface area (Å²) in [5.74, 6) is -0.187. The maximum atomic E-state index is 12.3. The molecule has 0 bridgehead atoms. The Morgan fingerprint density at radius 3 is 2.28 bits per heavy atom. The molecule has 1 N–H and O–H groups in total. The molecule has 1 heterocycles. The number of nitro groups is 1. The van der Waals surface area contributed by atoms with E-state index < -0.39 is 13.2 Å². The number of thiocarbonyl (C=S) groups is 1. The number of β-lactam (4-membered cyclic amide) rings is 1. The van der Waals surface area contributed by atoms with Crippen LogP contribution in [0.4, 0.5) is 5.69 Å². The van der Waals surface area contributed by atoms with E-state index in [0.29, 0.717) is 6.42 Å². The maximum Gasteiger partial charge on any atom is 0.269 e. The summed E-state index contributed by atoms with van der Waals surface area (Å²) in [4.78, 5) is 23.5. The van der Waals surface area contributed by atoms with Crippen LogP contribution in [0.1, 0.15) is 40.2 Å². The second kappa shape index (κ2) is 8.61. The monoisotopic (exact) mass is 436 g/mol. The number of nitro benzene ring substituents is 1. The van der Waals surface area contributed by atoms with Gasteiger partial charge in [-0.3, -0.25) is 14.9 Å². The zero-order valence-corrected chi connectivity index (χ0v) is 20.1. The van der Waals surface area contributed by atoms with Gasteiger partial charge in [-0.25, -0.2) is 0 Å². The maximum absolute atomic E-state index is 12.3. The summed E-state index contributed by atoms with van der Waals surface area (Å²) in [6.07, 6.45) is 0.379. The molecular formula is C21H32N2O4SSi. The first-order valence-electron chi connectivity index (χ1n) is 9.99. The lowest BCUT2D eigenvalue weighted by Crippen LogP contribution is -2.66. The predicted molar refractivity (Wildman–Crippen MR) is 122 cm³/mol. The van der Waals surface area contributed by atoms with E-state index >= 15 is 0 Å². The van der Waals surface area contributed by atoms with Gasteiger partial charge < -0.3 is 9.74 Å². The standard InChI is InChI=1S/C21H32N2O4SSi/c1-13(17(28)12-15-8-10-16(11-9-15)23(25)26)19-18(20(24)22-19)14(2)27-29(6,7)21(3,4)5/h8-11,13-14,18-19H,12H2,1-7H3,(H,22,24)/t13-,14+,18+,19+/m0/s1. The molecule has 1 aromatic carbocycles. The summed E-state index contributed by atoms with van der Waals surface area (Å²) in [6, 6.07) is 6.40. The number of carbonyl (C=O) groups excluding carboxylic acids is 1. The zero-order chi connectivity index (χ0) is 22.1. The third-order valence-electron chi connectivity index (χ3n) is 6.36. The summed E-state index contributed by atoms with van der Waals surface area (Å²) in [5.41, 5.74) is 0.996. The summed E-state index contributed by atoms with van der Waals surface area (Å²) in [6.45, 7) is 15.0. The second-order valence-corrected chi connectivity index (χ2v) is 14.8. The van der Waals surface area contributed by atoms with Gasteiger partial charge in [-0.05, 0) is 30.6 Å². The fraction of sp³-hybridized carbons (Fsp3) is 0.619. The van der Waals surface area contributed by atoms with Gasteiger partial charge >= 0.3 is 0 Å². The molecule has 1 aliphatic rings. The first kappa shape index (κ1) is 23.6. The Hall–Kier alpha value is -1.64. The summed E-state index contributed by atoms with van der Waals surface area (Å²) in [7, 11) is -1.98. The SMILES string of the molecule is C[C@@H](O[Si](C)(C)C(C)(C)C)[C@H]1C(=O)N[C@@H]1[C@@H](C)C(=S)Cc1ccc([N+](=O)[O-])cc1. The van der Waals surface area contributed by atoms with E-state index in [9.17, 15) is 14.9 Å². The predicted octanol–water partition coefficient (Wildman–Crippen LogP) is 4.67. The van der Waals surface area contributed by atoms with Crippen molar-refractivity contribution in [2.75, 3.05) is 0 Å². The van der Waals surface area contributed by atoms with Crippen LogP contribution >= 0.6 is 12.2 Å². The van der Waals surface area contributed by atoms with Crippen molar-refractivity contribution < 1.29 is 14.1 Å². The Labute approximate surface area is 179 Å². The van der Waals surface area contributed by atoms with Gasteiger partial charge in [0.05, 0.1) is 16.9 Å². The molecule has 1 amide bonds. The first-order chi connectivity index (χ1) is 13.2. The fourth-order valence-corrected chi connectivity index (χ4v) is 5.11. The number of hydrogen-bond donors (Lipinski definition) is 1. The van der Waals surface area contributed by atoms with E-state index in [1.54, 1.807) is 12.1 Å². The van der Waals surface area contributed by atoms with Gasteiger partial charge in [0.2, 0.25) is 5.91 Å². The number of hydrogen-bond acceptors (Lipinski definition) is 5. The molecule has 1 fully saturated rings. The molecule has 0 spiro atoms. The molecule has 0 aliphatic carbocycles.